The number of hydrogen-bond acceptors (Lipinski definition) is 5. The second kappa shape index (κ2) is 7.76. The number of thioether (sulfide) groups is 1. The van der Waals surface area contributed by atoms with Crippen LogP contribution in [0.5, 0.6) is 0 Å². The highest BCUT2D eigenvalue weighted by Gasteiger charge is 2.11. The maximum Gasteiger partial charge on any atom is 0.278 e. The van der Waals surface area contributed by atoms with E-state index < -0.39 is 0 Å². The quantitative estimate of drug-likeness (QED) is 0.545. The van der Waals surface area contributed by atoms with Crippen LogP contribution in [0.3, 0.4) is 0 Å². The fraction of sp³-hybridized carbons (Fsp3) is 0.111. The van der Waals surface area contributed by atoms with Crippen LogP contribution in [0.25, 0.3) is 10.9 Å². The number of aromatic nitrogens is 3. The largest absolute Gasteiger partial charge is 0.323 e. The molecular weight excluding hydrogens is 336 g/mol. The molecular formula is C18H16N4O2S. The molecule has 0 atom stereocenters. The Morgan fingerprint density at radius 2 is 1.96 bits per heavy atom. The summed E-state index contributed by atoms with van der Waals surface area (Å²) >= 11 is 1.57. The smallest absolute Gasteiger partial charge is 0.278 e. The van der Waals surface area contributed by atoms with Gasteiger partial charge in [-0.1, -0.05) is 35.6 Å². The molecule has 0 unspecified atom stereocenters. The summed E-state index contributed by atoms with van der Waals surface area (Å²) in [5.74, 6) is 0.404. The minimum atomic E-state index is -0.338. The normalized spacial score (nSPS) is 10.6. The van der Waals surface area contributed by atoms with Gasteiger partial charge in [0.2, 0.25) is 5.91 Å². The van der Waals surface area contributed by atoms with Gasteiger partial charge >= 0.3 is 0 Å². The topological polar surface area (TPSA) is 76.9 Å². The van der Waals surface area contributed by atoms with Crippen molar-refractivity contribution >= 4 is 34.3 Å². The summed E-state index contributed by atoms with van der Waals surface area (Å²) < 4.78 is 1.07. The zero-order chi connectivity index (χ0) is 17.6. The predicted molar refractivity (Wildman–Crippen MR) is 99.8 cm³/mol. The first-order valence-electron chi connectivity index (χ1n) is 7.64. The van der Waals surface area contributed by atoms with E-state index in [0.29, 0.717) is 16.6 Å². The van der Waals surface area contributed by atoms with Crippen molar-refractivity contribution in [3.05, 3.63) is 71.5 Å². The summed E-state index contributed by atoms with van der Waals surface area (Å²) in [6.07, 6.45) is 1.80. The standard InChI is InChI=1S/C18H16N4O2S/c1-2-11-25-16-10-6-5-9-15(16)19-17(23)12-22-18(24)13-7-3-4-8-14(13)20-21-22/h2-10H,1,11-12H2,(H,19,23). The van der Waals surface area contributed by atoms with Gasteiger partial charge in [0.15, 0.2) is 0 Å². The molecule has 1 N–H and O–H groups in total. The van der Waals surface area contributed by atoms with Crippen LogP contribution in [0.4, 0.5) is 5.69 Å². The van der Waals surface area contributed by atoms with E-state index in [1.54, 1.807) is 42.1 Å². The van der Waals surface area contributed by atoms with Crippen molar-refractivity contribution in [1.82, 2.24) is 15.0 Å². The number of anilines is 1. The second-order valence-electron chi connectivity index (χ2n) is 5.21. The summed E-state index contributed by atoms with van der Waals surface area (Å²) in [4.78, 5) is 25.7. The molecule has 0 saturated heterocycles. The molecule has 3 aromatic rings. The van der Waals surface area contributed by atoms with E-state index in [1.165, 1.54) is 0 Å². The Kier molecular flexibility index (Phi) is 5.25. The van der Waals surface area contributed by atoms with Gasteiger partial charge in [-0.3, -0.25) is 9.59 Å². The molecule has 7 heteroatoms. The van der Waals surface area contributed by atoms with E-state index in [9.17, 15) is 9.59 Å². The van der Waals surface area contributed by atoms with Crippen molar-refractivity contribution in [2.24, 2.45) is 0 Å². The van der Waals surface area contributed by atoms with Gasteiger partial charge in [0.05, 0.1) is 11.1 Å². The van der Waals surface area contributed by atoms with Crippen LogP contribution in [-0.2, 0) is 11.3 Å². The van der Waals surface area contributed by atoms with E-state index >= 15 is 0 Å². The van der Waals surface area contributed by atoms with Crippen molar-refractivity contribution in [1.29, 1.82) is 0 Å². The first-order valence-corrected chi connectivity index (χ1v) is 8.62. The fourth-order valence-electron chi connectivity index (χ4n) is 2.30. The number of carbonyl (C=O) groups is 1. The third-order valence-corrected chi connectivity index (χ3v) is 4.51. The van der Waals surface area contributed by atoms with Crippen LogP contribution in [-0.4, -0.2) is 26.7 Å². The molecule has 1 heterocycles. The molecule has 0 radical (unpaired) electrons. The fourth-order valence-corrected chi connectivity index (χ4v) is 3.04. The molecule has 0 saturated carbocycles. The van der Waals surface area contributed by atoms with Crippen LogP contribution in [0.2, 0.25) is 0 Å². The van der Waals surface area contributed by atoms with E-state index in [4.69, 9.17) is 0 Å². The Morgan fingerprint density at radius 1 is 1.20 bits per heavy atom. The zero-order valence-electron chi connectivity index (χ0n) is 13.4. The van der Waals surface area contributed by atoms with Crippen LogP contribution < -0.4 is 10.9 Å². The summed E-state index contributed by atoms with van der Waals surface area (Å²) in [7, 11) is 0. The van der Waals surface area contributed by atoms with Crippen LogP contribution in [0.15, 0.2) is 70.9 Å². The lowest BCUT2D eigenvalue weighted by Crippen LogP contribution is -2.30. The van der Waals surface area contributed by atoms with Crippen molar-refractivity contribution < 1.29 is 4.79 Å². The first-order chi connectivity index (χ1) is 12.2. The number of amides is 1. The third-order valence-electron chi connectivity index (χ3n) is 3.44. The number of benzene rings is 2. The Morgan fingerprint density at radius 3 is 2.80 bits per heavy atom. The number of para-hydroxylation sites is 1. The highest BCUT2D eigenvalue weighted by atomic mass is 32.2. The predicted octanol–water partition coefficient (Wildman–Crippen LogP) is 2.71. The van der Waals surface area contributed by atoms with Crippen LogP contribution in [0.1, 0.15) is 0 Å². The monoisotopic (exact) mass is 352 g/mol. The maximum absolute atomic E-state index is 12.4. The third kappa shape index (κ3) is 3.95. The van der Waals surface area contributed by atoms with E-state index in [-0.39, 0.29) is 18.0 Å². The number of rotatable bonds is 6. The van der Waals surface area contributed by atoms with Crippen molar-refractivity contribution in [2.75, 3.05) is 11.1 Å². The Balaban J connectivity index is 1.79. The molecule has 0 spiro atoms. The van der Waals surface area contributed by atoms with Crippen molar-refractivity contribution in [3.8, 4) is 0 Å². The molecule has 0 aliphatic heterocycles. The lowest BCUT2D eigenvalue weighted by atomic mass is 10.2. The van der Waals surface area contributed by atoms with Gasteiger partial charge < -0.3 is 5.32 Å². The van der Waals surface area contributed by atoms with E-state index in [1.807, 2.05) is 24.3 Å². The molecule has 0 aliphatic rings. The number of carbonyl (C=O) groups excluding carboxylic acids is 1. The van der Waals surface area contributed by atoms with Gasteiger partial charge in [0.25, 0.3) is 5.56 Å². The Labute approximate surface area is 148 Å². The summed E-state index contributed by atoms with van der Waals surface area (Å²) in [6, 6.07) is 14.4. The van der Waals surface area contributed by atoms with Crippen molar-refractivity contribution in [2.45, 2.75) is 11.4 Å². The molecule has 3 rings (SSSR count). The van der Waals surface area contributed by atoms with E-state index in [2.05, 4.69) is 22.2 Å². The molecule has 0 fully saturated rings. The van der Waals surface area contributed by atoms with Crippen LogP contribution >= 0.6 is 11.8 Å². The number of fused-ring (bicyclic) bond motifs is 1. The molecule has 25 heavy (non-hydrogen) atoms. The maximum atomic E-state index is 12.4. The SMILES string of the molecule is C=CCSc1ccccc1NC(=O)Cn1nnc2ccccc2c1=O. The average Bonchev–Trinajstić information content (AvgIpc) is 2.63. The first kappa shape index (κ1) is 16.9. The summed E-state index contributed by atoms with van der Waals surface area (Å²) in [5, 5.41) is 11.1. The molecule has 1 amide bonds. The van der Waals surface area contributed by atoms with Crippen LogP contribution in [0, 0.1) is 0 Å². The minimum absolute atomic E-state index is 0.197. The highest BCUT2D eigenvalue weighted by molar-refractivity contribution is 7.99. The lowest BCUT2D eigenvalue weighted by Gasteiger charge is -2.10. The van der Waals surface area contributed by atoms with Gasteiger partial charge in [-0.15, -0.1) is 23.4 Å². The van der Waals surface area contributed by atoms with Gasteiger partial charge in [-0.05, 0) is 24.3 Å². The Hall–Kier alpha value is -2.93. The number of nitrogens with zero attached hydrogens (tertiary/aromatic N) is 3. The molecule has 6 nitrogen and oxygen atoms in total. The molecule has 0 aliphatic carbocycles. The molecule has 126 valence electrons. The average molecular weight is 352 g/mol. The minimum Gasteiger partial charge on any atom is -0.323 e. The van der Waals surface area contributed by atoms with Gasteiger partial charge in [0, 0.05) is 10.6 Å². The van der Waals surface area contributed by atoms with Gasteiger partial charge in [-0.25, -0.2) is 4.68 Å². The Bertz CT molecular complexity index is 984. The molecule has 0 bridgehead atoms. The summed E-state index contributed by atoms with van der Waals surface area (Å²) in [5.41, 5.74) is 0.867. The van der Waals surface area contributed by atoms with Gasteiger partial charge in [-0.2, -0.15) is 0 Å². The zero-order valence-corrected chi connectivity index (χ0v) is 14.2. The number of nitrogens with one attached hydrogen (secondary N) is 1. The lowest BCUT2D eigenvalue weighted by molar-refractivity contribution is -0.117. The summed E-state index contributed by atoms with van der Waals surface area (Å²) in [6.45, 7) is 3.50. The molecule has 1 aromatic heterocycles. The van der Waals surface area contributed by atoms with E-state index in [0.717, 1.165) is 15.3 Å². The second-order valence-corrected chi connectivity index (χ2v) is 6.28. The highest BCUT2D eigenvalue weighted by Crippen LogP contribution is 2.26. The van der Waals surface area contributed by atoms with Crippen molar-refractivity contribution in [3.63, 3.8) is 0 Å². The molecule has 2 aromatic carbocycles. The number of hydrogen-bond donors (Lipinski definition) is 1. The van der Waals surface area contributed by atoms with Gasteiger partial charge in [0.1, 0.15) is 12.1 Å².